The van der Waals surface area contributed by atoms with E-state index in [0.717, 1.165) is 31.2 Å². The van der Waals surface area contributed by atoms with Crippen molar-refractivity contribution in [3.63, 3.8) is 0 Å². The number of amides is 1. The van der Waals surface area contributed by atoms with Crippen molar-refractivity contribution in [2.45, 2.75) is 45.1 Å². The summed E-state index contributed by atoms with van der Waals surface area (Å²) in [7, 11) is 0. The third-order valence-corrected chi connectivity index (χ3v) is 5.95. The highest BCUT2D eigenvalue weighted by Gasteiger charge is 2.32. The van der Waals surface area contributed by atoms with E-state index in [1.807, 2.05) is 17.6 Å². The van der Waals surface area contributed by atoms with Crippen LogP contribution >= 0.6 is 0 Å². The Morgan fingerprint density at radius 2 is 1.93 bits per heavy atom. The van der Waals surface area contributed by atoms with Crippen molar-refractivity contribution >= 4 is 22.9 Å². The number of hydrogen-bond donors (Lipinski definition) is 2. The van der Waals surface area contributed by atoms with Crippen molar-refractivity contribution in [3.8, 4) is 0 Å². The van der Waals surface area contributed by atoms with Crippen LogP contribution < -0.4 is 5.69 Å². The van der Waals surface area contributed by atoms with Crippen LogP contribution in [-0.4, -0.2) is 44.5 Å². The fourth-order valence-electron chi connectivity index (χ4n) is 4.67. The van der Waals surface area contributed by atoms with Crippen LogP contribution in [-0.2, 0) is 4.79 Å². The van der Waals surface area contributed by atoms with Gasteiger partial charge in [-0.25, -0.2) is 4.79 Å². The van der Waals surface area contributed by atoms with E-state index in [0.29, 0.717) is 24.0 Å². The highest BCUT2D eigenvalue weighted by Crippen LogP contribution is 2.31. The van der Waals surface area contributed by atoms with Gasteiger partial charge in [0.1, 0.15) is 0 Å². The van der Waals surface area contributed by atoms with Crippen molar-refractivity contribution < 1.29 is 14.7 Å². The van der Waals surface area contributed by atoms with Gasteiger partial charge in [-0.2, -0.15) is 0 Å². The monoisotopic (exact) mass is 371 g/mol. The number of aromatic nitrogens is 2. The van der Waals surface area contributed by atoms with E-state index in [1.165, 1.54) is 0 Å². The van der Waals surface area contributed by atoms with Gasteiger partial charge >= 0.3 is 11.7 Å². The number of carboxylic acids is 1. The third-order valence-electron chi connectivity index (χ3n) is 5.95. The van der Waals surface area contributed by atoms with Crippen LogP contribution in [0.2, 0.25) is 0 Å². The Balaban J connectivity index is 1.63. The second kappa shape index (κ2) is 6.87. The number of fused-ring (bicyclic) bond motifs is 1. The molecule has 1 saturated heterocycles. The molecule has 1 saturated carbocycles. The van der Waals surface area contributed by atoms with Gasteiger partial charge < -0.3 is 15.0 Å². The maximum atomic E-state index is 12.9. The second-order valence-electron chi connectivity index (χ2n) is 8.06. The summed E-state index contributed by atoms with van der Waals surface area (Å²) < 4.78 is 1.82. The molecule has 144 valence electrons. The van der Waals surface area contributed by atoms with Crippen molar-refractivity contribution in [3.05, 3.63) is 34.2 Å². The van der Waals surface area contributed by atoms with Crippen LogP contribution in [0, 0.1) is 11.8 Å². The number of H-pyrrole nitrogens is 1. The molecule has 2 atom stereocenters. The molecule has 1 aliphatic carbocycles. The Morgan fingerprint density at radius 1 is 1.19 bits per heavy atom. The molecule has 0 bridgehead atoms. The van der Waals surface area contributed by atoms with E-state index in [1.54, 1.807) is 17.0 Å². The number of nitrogens with one attached hydrogen (secondary N) is 1. The van der Waals surface area contributed by atoms with E-state index in [9.17, 15) is 19.5 Å². The number of carboxylic acid groups (broad SMARTS) is 1. The smallest absolute Gasteiger partial charge is 0.326 e. The van der Waals surface area contributed by atoms with E-state index >= 15 is 0 Å². The van der Waals surface area contributed by atoms with Gasteiger partial charge in [-0.3, -0.25) is 14.2 Å². The van der Waals surface area contributed by atoms with Crippen LogP contribution in [0.3, 0.4) is 0 Å². The number of nitrogens with zero attached hydrogens (tertiary/aromatic N) is 2. The normalized spacial score (nSPS) is 23.8. The Labute approximate surface area is 157 Å². The highest BCUT2D eigenvalue weighted by molar-refractivity contribution is 5.97. The number of rotatable bonds is 3. The first-order valence-electron chi connectivity index (χ1n) is 9.70. The average Bonchev–Trinajstić information content (AvgIpc) is 3.26. The molecule has 27 heavy (non-hydrogen) atoms. The van der Waals surface area contributed by atoms with E-state index in [2.05, 4.69) is 4.98 Å². The third kappa shape index (κ3) is 3.26. The van der Waals surface area contributed by atoms with Gasteiger partial charge in [0.2, 0.25) is 0 Å². The SMILES string of the molecule is CC1CC(C(=O)O)CN(C(=O)c2ccc3c(c2)[nH]c(=O)n3C2CCCC2)C1. The molecule has 2 aliphatic rings. The van der Waals surface area contributed by atoms with Gasteiger partial charge in [-0.05, 0) is 43.4 Å². The van der Waals surface area contributed by atoms with Crippen LogP contribution in [0.5, 0.6) is 0 Å². The summed E-state index contributed by atoms with van der Waals surface area (Å²) in [6.07, 6.45) is 4.89. The number of aromatic amines is 1. The Morgan fingerprint density at radius 3 is 2.63 bits per heavy atom. The number of carbonyl (C=O) groups excluding carboxylic acids is 1. The van der Waals surface area contributed by atoms with Gasteiger partial charge in [0.25, 0.3) is 5.91 Å². The van der Waals surface area contributed by atoms with Crippen LogP contribution in [0.25, 0.3) is 11.0 Å². The zero-order valence-corrected chi connectivity index (χ0v) is 15.5. The van der Waals surface area contributed by atoms with Crippen molar-refractivity contribution in [1.29, 1.82) is 0 Å². The second-order valence-corrected chi connectivity index (χ2v) is 8.06. The average molecular weight is 371 g/mol. The summed E-state index contributed by atoms with van der Waals surface area (Å²) in [4.78, 5) is 41.2. The van der Waals surface area contributed by atoms with Crippen molar-refractivity contribution in [2.75, 3.05) is 13.1 Å². The first-order valence-corrected chi connectivity index (χ1v) is 9.70. The fourth-order valence-corrected chi connectivity index (χ4v) is 4.67. The number of benzene rings is 1. The molecule has 1 aromatic carbocycles. The zero-order valence-electron chi connectivity index (χ0n) is 15.5. The molecule has 7 heteroatoms. The highest BCUT2D eigenvalue weighted by atomic mass is 16.4. The summed E-state index contributed by atoms with van der Waals surface area (Å²) in [5.74, 6) is -1.41. The number of hydrogen-bond acceptors (Lipinski definition) is 3. The van der Waals surface area contributed by atoms with E-state index in [-0.39, 0.29) is 30.1 Å². The minimum atomic E-state index is -0.854. The summed E-state index contributed by atoms with van der Waals surface area (Å²) in [5.41, 5.74) is 1.86. The van der Waals surface area contributed by atoms with Gasteiger partial charge in [0.15, 0.2) is 0 Å². The predicted octanol–water partition coefficient (Wildman–Crippen LogP) is 2.63. The molecular formula is C20H25N3O4. The van der Waals surface area contributed by atoms with Gasteiger partial charge in [-0.15, -0.1) is 0 Å². The minimum Gasteiger partial charge on any atom is -0.481 e. The molecule has 2 N–H and O–H groups in total. The van der Waals surface area contributed by atoms with Gasteiger partial charge in [0, 0.05) is 24.7 Å². The number of carbonyl (C=O) groups is 2. The Kier molecular flexibility index (Phi) is 4.53. The first-order chi connectivity index (χ1) is 12.9. The van der Waals surface area contributed by atoms with E-state index in [4.69, 9.17) is 0 Å². The van der Waals surface area contributed by atoms with Crippen LogP contribution in [0.4, 0.5) is 0 Å². The molecule has 4 rings (SSSR count). The summed E-state index contributed by atoms with van der Waals surface area (Å²) in [6.45, 7) is 2.76. The molecular weight excluding hydrogens is 346 g/mol. The van der Waals surface area contributed by atoms with Gasteiger partial charge in [0.05, 0.1) is 17.0 Å². The summed E-state index contributed by atoms with van der Waals surface area (Å²) in [6, 6.07) is 5.53. The maximum Gasteiger partial charge on any atom is 0.326 e. The first kappa shape index (κ1) is 17.8. The fraction of sp³-hybridized carbons (Fsp3) is 0.550. The molecule has 0 radical (unpaired) electrons. The number of imidazole rings is 1. The molecule has 0 spiro atoms. The van der Waals surface area contributed by atoms with E-state index < -0.39 is 11.9 Å². The van der Waals surface area contributed by atoms with Crippen molar-refractivity contribution in [2.24, 2.45) is 11.8 Å². The molecule has 2 unspecified atom stereocenters. The zero-order chi connectivity index (χ0) is 19.1. The lowest BCUT2D eigenvalue weighted by Gasteiger charge is -2.34. The minimum absolute atomic E-state index is 0.126. The Hall–Kier alpha value is -2.57. The van der Waals surface area contributed by atoms with Crippen molar-refractivity contribution in [1.82, 2.24) is 14.5 Å². The lowest BCUT2D eigenvalue weighted by atomic mass is 9.90. The molecule has 1 aromatic heterocycles. The molecule has 2 heterocycles. The number of aliphatic carboxylic acids is 1. The summed E-state index contributed by atoms with van der Waals surface area (Å²) >= 11 is 0. The molecule has 2 fully saturated rings. The standard InChI is InChI=1S/C20H25N3O4/c1-12-8-14(19(25)26)11-22(10-12)18(24)13-6-7-17-16(9-13)21-20(27)23(17)15-4-2-3-5-15/h6-7,9,12,14-15H,2-5,8,10-11H2,1H3,(H,21,27)(H,25,26). The quantitative estimate of drug-likeness (QED) is 0.867. The largest absolute Gasteiger partial charge is 0.481 e. The lowest BCUT2D eigenvalue weighted by Crippen LogP contribution is -2.45. The molecule has 1 amide bonds. The van der Waals surface area contributed by atoms with Gasteiger partial charge in [-0.1, -0.05) is 19.8 Å². The number of likely N-dealkylation sites (tertiary alicyclic amines) is 1. The van der Waals surface area contributed by atoms with Crippen LogP contribution in [0.1, 0.15) is 55.4 Å². The summed E-state index contributed by atoms with van der Waals surface area (Å²) in [5, 5.41) is 9.32. The Bertz CT molecular complexity index is 938. The number of piperidine rings is 1. The molecule has 2 aromatic rings. The topological polar surface area (TPSA) is 95.4 Å². The molecule has 1 aliphatic heterocycles. The maximum absolute atomic E-state index is 12.9. The predicted molar refractivity (Wildman–Crippen MR) is 101 cm³/mol. The lowest BCUT2D eigenvalue weighted by molar-refractivity contribution is -0.143. The van der Waals surface area contributed by atoms with Crippen LogP contribution in [0.15, 0.2) is 23.0 Å². The molecule has 7 nitrogen and oxygen atoms in total.